The van der Waals surface area contributed by atoms with E-state index in [0.29, 0.717) is 12.2 Å². The lowest BCUT2D eigenvalue weighted by Gasteiger charge is -2.23. The molecule has 0 saturated carbocycles. The largest absolute Gasteiger partial charge is 0.360 e. The molecule has 0 bridgehead atoms. The zero-order valence-corrected chi connectivity index (χ0v) is 11.7. The van der Waals surface area contributed by atoms with Crippen LogP contribution in [-0.4, -0.2) is 26.0 Å². The Morgan fingerprint density at radius 1 is 1.61 bits per heavy atom. The zero-order chi connectivity index (χ0) is 13.7. The number of hydrogen-bond donors (Lipinski definition) is 1. The van der Waals surface area contributed by atoms with E-state index in [-0.39, 0.29) is 22.5 Å². The second-order valence-electron chi connectivity index (χ2n) is 3.56. The van der Waals surface area contributed by atoms with Crippen molar-refractivity contribution in [2.75, 3.05) is 25.0 Å². The molecule has 1 aromatic carbocycles. The van der Waals surface area contributed by atoms with Crippen LogP contribution in [0.1, 0.15) is 12.5 Å². The molecule has 0 fully saturated rings. The first-order valence-electron chi connectivity index (χ1n) is 5.38. The number of nitriles is 1. The van der Waals surface area contributed by atoms with Gasteiger partial charge in [0.25, 0.3) is 0 Å². The molecule has 0 unspecified atom stereocenters. The lowest BCUT2D eigenvalue weighted by molar-refractivity contribution is -0.119. The minimum Gasteiger partial charge on any atom is -0.360 e. The third kappa shape index (κ3) is 2.99. The summed E-state index contributed by atoms with van der Waals surface area (Å²) in [6.45, 7) is 2.39. The molecule has 6 heteroatoms. The molecule has 0 aromatic heterocycles. The number of amides is 1. The van der Waals surface area contributed by atoms with Gasteiger partial charge in [-0.25, -0.2) is 4.39 Å². The lowest BCUT2D eigenvalue weighted by atomic mass is 10.2. The van der Waals surface area contributed by atoms with E-state index >= 15 is 0 Å². The summed E-state index contributed by atoms with van der Waals surface area (Å²) in [6.07, 6.45) is 0. The summed E-state index contributed by atoms with van der Waals surface area (Å²) in [7, 11) is 1.53. The van der Waals surface area contributed by atoms with E-state index < -0.39 is 5.82 Å². The number of likely N-dealkylation sites (N-methyl/N-ethyl adjacent to an activating group) is 2. The summed E-state index contributed by atoms with van der Waals surface area (Å²) in [4.78, 5) is 12.9. The van der Waals surface area contributed by atoms with Gasteiger partial charge in [0.15, 0.2) is 5.82 Å². The van der Waals surface area contributed by atoms with E-state index in [1.54, 1.807) is 4.90 Å². The van der Waals surface area contributed by atoms with Crippen LogP contribution in [0.5, 0.6) is 0 Å². The van der Waals surface area contributed by atoms with E-state index in [0.717, 1.165) is 0 Å². The summed E-state index contributed by atoms with van der Waals surface area (Å²) >= 11 is 3.05. The van der Waals surface area contributed by atoms with E-state index in [1.807, 2.05) is 13.0 Å². The number of hydrogen-bond acceptors (Lipinski definition) is 3. The van der Waals surface area contributed by atoms with Crippen LogP contribution in [0.4, 0.5) is 10.1 Å². The molecule has 0 radical (unpaired) electrons. The van der Waals surface area contributed by atoms with Crippen LogP contribution < -0.4 is 10.2 Å². The molecule has 96 valence electrons. The molecule has 0 saturated heterocycles. The molecular weight excluding hydrogens is 301 g/mol. The van der Waals surface area contributed by atoms with Gasteiger partial charge in [-0.05, 0) is 35.0 Å². The number of rotatable bonds is 4. The van der Waals surface area contributed by atoms with Crippen molar-refractivity contribution in [3.63, 3.8) is 0 Å². The summed E-state index contributed by atoms with van der Waals surface area (Å²) in [5.74, 6) is -0.725. The maximum Gasteiger partial charge on any atom is 0.239 e. The van der Waals surface area contributed by atoms with Crippen molar-refractivity contribution >= 4 is 27.5 Å². The van der Waals surface area contributed by atoms with Crippen LogP contribution in [0.25, 0.3) is 0 Å². The Hall–Kier alpha value is -1.61. The Morgan fingerprint density at radius 3 is 2.78 bits per heavy atom. The smallest absolute Gasteiger partial charge is 0.239 e. The van der Waals surface area contributed by atoms with Crippen LogP contribution in [0, 0.1) is 17.1 Å². The van der Waals surface area contributed by atoms with Gasteiger partial charge < -0.3 is 10.2 Å². The average Bonchev–Trinajstić information content (AvgIpc) is 2.39. The van der Waals surface area contributed by atoms with E-state index in [4.69, 9.17) is 5.26 Å². The van der Waals surface area contributed by atoms with Crippen LogP contribution in [0.2, 0.25) is 0 Å². The van der Waals surface area contributed by atoms with Crippen molar-refractivity contribution in [2.45, 2.75) is 6.92 Å². The minimum absolute atomic E-state index is 0.0717. The summed E-state index contributed by atoms with van der Waals surface area (Å²) in [6, 6.07) is 4.92. The first kappa shape index (κ1) is 14.5. The topological polar surface area (TPSA) is 56.1 Å². The van der Waals surface area contributed by atoms with E-state index in [9.17, 15) is 9.18 Å². The van der Waals surface area contributed by atoms with Gasteiger partial charge >= 0.3 is 0 Å². The maximum atomic E-state index is 14.1. The summed E-state index contributed by atoms with van der Waals surface area (Å²) in [5.41, 5.74) is 0.527. The van der Waals surface area contributed by atoms with Crippen LogP contribution in [0.3, 0.4) is 0 Å². The van der Waals surface area contributed by atoms with Gasteiger partial charge in [0, 0.05) is 13.6 Å². The van der Waals surface area contributed by atoms with Crippen LogP contribution in [0.15, 0.2) is 16.6 Å². The molecule has 0 heterocycles. The fourth-order valence-corrected chi connectivity index (χ4v) is 1.91. The molecule has 0 aliphatic heterocycles. The van der Waals surface area contributed by atoms with Crippen LogP contribution >= 0.6 is 15.9 Å². The Labute approximate surface area is 114 Å². The highest BCUT2D eigenvalue weighted by Crippen LogP contribution is 2.28. The van der Waals surface area contributed by atoms with Gasteiger partial charge in [0.1, 0.15) is 6.07 Å². The normalized spacial score (nSPS) is 9.72. The fraction of sp³-hybridized carbons (Fsp3) is 0.333. The van der Waals surface area contributed by atoms with Crippen molar-refractivity contribution in [2.24, 2.45) is 0 Å². The molecule has 0 spiro atoms. The Morgan fingerprint density at radius 2 is 2.28 bits per heavy atom. The highest BCUT2D eigenvalue weighted by Gasteiger charge is 2.17. The molecule has 1 rings (SSSR count). The monoisotopic (exact) mass is 313 g/mol. The Balaban J connectivity index is 3.12. The van der Waals surface area contributed by atoms with Gasteiger partial charge in [0.05, 0.1) is 22.3 Å². The standard InChI is InChI=1S/C12H13BrFN3O/c1-3-17(7-10(18)16-2)9-5-4-8(6-15)11(13)12(9)14/h4-5H,3,7H2,1-2H3,(H,16,18). The molecule has 1 amide bonds. The van der Waals surface area contributed by atoms with Crippen molar-refractivity contribution in [1.29, 1.82) is 5.26 Å². The third-order valence-corrected chi connectivity index (χ3v) is 3.29. The minimum atomic E-state index is -0.528. The van der Waals surface area contributed by atoms with Gasteiger partial charge in [0.2, 0.25) is 5.91 Å². The highest BCUT2D eigenvalue weighted by atomic mass is 79.9. The van der Waals surface area contributed by atoms with E-state index in [1.165, 1.54) is 19.2 Å². The Bertz CT molecular complexity index is 499. The first-order valence-corrected chi connectivity index (χ1v) is 6.18. The molecule has 1 aromatic rings. The number of nitrogens with zero attached hydrogens (tertiary/aromatic N) is 2. The van der Waals surface area contributed by atoms with Crippen molar-refractivity contribution in [3.8, 4) is 6.07 Å². The molecule has 4 nitrogen and oxygen atoms in total. The SMILES string of the molecule is CCN(CC(=O)NC)c1ccc(C#N)c(Br)c1F. The zero-order valence-electron chi connectivity index (χ0n) is 10.1. The Kier molecular flexibility index (Phi) is 5.10. The fourth-order valence-electron chi connectivity index (χ4n) is 1.49. The number of carbonyl (C=O) groups is 1. The predicted molar refractivity (Wildman–Crippen MR) is 70.8 cm³/mol. The van der Waals surface area contributed by atoms with Gasteiger partial charge in [-0.3, -0.25) is 4.79 Å². The van der Waals surface area contributed by atoms with Gasteiger partial charge in [-0.2, -0.15) is 5.26 Å². The van der Waals surface area contributed by atoms with Gasteiger partial charge in [-0.1, -0.05) is 0 Å². The average molecular weight is 314 g/mol. The summed E-state index contributed by atoms with van der Waals surface area (Å²) < 4.78 is 14.2. The van der Waals surface area contributed by atoms with E-state index in [2.05, 4.69) is 21.2 Å². The second-order valence-corrected chi connectivity index (χ2v) is 4.35. The second kappa shape index (κ2) is 6.36. The maximum absolute atomic E-state index is 14.1. The molecule has 18 heavy (non-hydrogen) atoms. The quantitative estimate of drug-likeness (QED) is 0.925. The number of halogens is 2. The molecule has 1 N–H and O–H groups in total. The summed E-state index contributed by atoms with van der Waals surface area (Å²) in [5, 5.41) is 11.3. The van der Waals surface area contributed by atoms with Gasteiger partial charge in [-0.15, -0.1) is 0 Å². The molecule has 0 atom stereocenters. The van der Waals surface area contributed by atoms with Crippen molar-refractivity contribution in [3.05, 3.63) is 28.0 Å². The lowest BCUT2D eigenvalue weighted by Crippen LogP contribution is -2.36. The molecular formula is C12H13BrFN3O. The van der Waals surface area contributed by atoms with Crippen LogP contribution in [-0.2, 0) is 4.79 Å². The molecule has 0 aliphatic rings. The van der Waals surface area contributed by atoms with Crippen molar-refractivity contribution in [1.82, 2.24) is 5.32 Å². The number of nitrogens with one attached hydrogen (secondary N) is 1. The molecule has 0 aliphatic carbocycles. The number of benzene rings is 1. The number of carbonyl (C=O) groups excluding carboxylic acids is 1. The predicted octanol–water partition coefficient (Wildman–Crippen LogP) is 2.03. The number of anilines is 1. The first-order chi connectivity index (χ1) is 8.54. The third-order valence-electron chi connectivity index (χ3n) is 2.52. The van der Waals surface area contributed by atoms with Crippen molar-refractivity contribution < 1.29 is 9.18 Å². The highest BCUT2D eigenvalue weighted by molar-refractivity contribution is 9.10.